The summed E-state index contributed by atoms with van der Waals surface area (Å²) in [6.07, 6.45) is 0.539. The number of likely N-dealkylation sites (tertiary alicyclic amines) is 1. The van der Waals surface area contributed by atoms with E-state index in [0.717, 1.165) is 23.3 Å². The Labute approximate surface area is 163 Å². The molecule has 0 spiro atoms. The summed E-state index contributed by atoms with van der Waals surface area (Å²) >= 11 is 1.58. The lowest BCUT2D eigenvalue weighted by Crippen LogP contribution is -2.53. The van der Waals surface area contributed by atoms with Crippen LogP contribution in [0.15, 0.2) is 46.7 Å². The van der Waals surface area contributed by atoms with Gasteiger partial charge in [-0.3, -0.25) is 4.79 Å². The first kappa shape index (κ1) is 20.0. The highest BCUT2D eigenvalue weighted by Crippen LogP contribution is 2.35. The van der Waals surface area contributed by atoms with Gasteiger partial charge in [0.15, 0.2) is 0 Å². The molecule has 1 aliphatic heterocycles. The van der Waals surface area contributed by atoms with Gasteiger partial charge in [0.1, 0.15) is 6.04 Å². The van der Waals surface area contributed by atoms with E-state index in [4.69, 9.17) is 0 Å². The molecule has 1 saturated heterocycles. The number of thiophene rings is 1. The Balaban J connectivity index is 1.82. The molecule has 1 aromatic heterocycles. The van der Waals surface area contributed by atoms with E-state index in [1.54, 1.807) is 28.4 Å². The van der Waals surface area contributed by atoms with E-state index in [2.05, 4.69) is 4.72 Å². The number of aliphatic hydroxyl groups excluding tert-OH is 1. The van der Waals surface area contributed by atoms with Gasteiger partial charge in [0.25, 0.3) is 0 Å². The highest BCUT2D eigenvalue weighted by molar-refractivity contribution is 7.89. The third kappa shape index (κ3) is 4.40. The Morgan fingerprint density at radius 1 is 1.30 bits per heavy atom. The van der Waals surface area contributed by atoms with Crippen LogP contribution in [-0.2, 0) is 14.8 Å². The lowest BCUT2D eigenvalue weighted by atomic mass is 10.1. The van der Waals surface area contributed by atoms with E-state index >= 15 is 0 Å². The van der Waals surface area contributed by atoms with Gasteiger partial charge in [0, 0.05) is 11.4 Å². The van der Waals surface area contributed by atoms with Crippen LogP contribution in [0.25, 0.3) is 0 Å². The number of benzene rings is 1. The van der Waals surface area contributed by atoms with Crippen LogP contribution < -0.4 is 4.72 Å². The number of aliphatic hydroxyl groups is 1. The van der Waals surface area contributed by atoms with Gasteiger partial charge in [-0.05, 0) is 50.3 Å². The van der Waals surface area contributed by atoms with Crippen molar-refractivity contribution in [2.45, 2.75) is 49.8 Å². The number of nitrogens with one attached hydrogen (secondary N) is 1. The van der Waals surface area contributed by atoms with Crippen molar-refractivity contribution < 1.29 is 18.3 Å². The summed E-state index contributed by atoms with van der Waals surface area (Å²) < 4.78 is 27.8. The minimum atomic E-state index is -3.92. The van der Waals surface area contributed by atoms with Gasteiger partial charge >= 0.3 is 0 Å². The van der Waals surface area contributed by atoms with E-state index in [-0.39, 0.29) is 10.9 Å². The molecule has 1 aromatic carbocycles. The number of amides is 1. The molecular weight excluding hydrogens is 384 g/mol. The lowest BCUT2D eigenvalue weighted by Gasteiger charge is -2.30. The second-order valence-corrected chi connectivity index (χ2v) is 9.55. The van der Waals surface area contributed by atoms with Gasteiger partial charge in [-0.1, -0.05) is 23.8 Å². The highest BCUT2D eigenvalue weighted by Gasteiger charge is 2.38. The van der Waals surface area contributed by atoms with Gasteiger partial charge < -0.3 is 10.0 Å². The van der Waals surface area contributed by atoms with Gasteiger partial charge in [-0.2, -0.15) is 4.72 Å². The van der Waals surface area contributed by atoms with Crippen LogP contribution >= 0.6 is 11.3 Å². The molecule has 2 aromatic rings. The molecule has 8 heteroatoms. The molecule has 0 bridgehead atoms. The Hall–Kier alpha value is -1.74. The van der Waals surface area contributed by atoms with Crippen LogP contribution in [-0.4, -0.2) is 43.0 Å². The molecule has 0 saturated carbocycles. The maximum atomic E-state index is 13.1. The Morgan fingerprint density at radius 2 is 2.00 bits per heavy atom. The largest absolute Gasteiger partial charge is 0.391 e. The quantitative estimate of drug-likeness (QED) is 0.769. The molecule has 146 valence electrons. The van der Waals surface area contributed by atoms with Gasteiger partial charge in [0.05, 0.1) is 17.0 Å². The molecule has 1 amide bonds. The molecule has 0 radical (unpaired) electrons. The maximum Gasteiger partial charge on any atom is 0.243 e. The summed E-state index contributed by atoms with van der Waals surface area (Å²) in [6, 6.07) is 9.00. The first-order valence-corrected chi connectivity index (χ1v) is 11.3. The Kier molecular flexibility index (Phi) is 6.00. The van der Waals surface area contributed by atoms with Crippen molar-refractivity contribution in [1.82, 2.24) is 9.62 Å². The number of sulfonamides is 1. The summed E-state index contributed by atoms with van der Waals surface area (Å²) in [7, 11) is -3.92. The zero-order valence-electron chi connectivity index (χ0n) is 15.3. The third-order valence-electron chi connectivity index (χ3n) is 4.77. The van der Waals surface area contributed by atoms with Crippen LogP contribution in [0.5, 0.6) is 0 Å². The topological polar surface area (TPSA) is 86.7 Å². The molecule has 3 rings (SSSR count). The van der Waals surface area contributed by atoms with E-state index < -0.39 is 28.1 Å². The first-order valence-electron chi connectivity index (χ1n) is 8.90. The van der Waals surface area contributed by atoms with Crippen molar-refractivity contribution in [3.05, 3.63) is 52.2 Å². The SMILES string of the molecule is Cc1ccc(S(=O)(=O)NC(C(=O)N2CCCC2c2cccs2)C(C)O)cc1. The molecule has 6 nitrogen and oxygen atoms in total. The zero-order valence-corrected chi connectivity index (χ0v) is 17.0. The smallest absolute Gasteiger partial charge is 0.243 e. The second kappa shape index (κ2) is 8.10. The molecule has 1 aliphatic rings. The third-order valence-corrected chi connectivity index (χ3v) is 7.20. The molecule has 0 aliphatic carbocycles. The standard InChI is InChI=1S/C19H24N2O4S2/c1-13-7-9-15(10-8-13)27(24,25)20-18(14(2)22)19(23)21-11-3-5-16(21)17-6-4-12-26-17/h4,6-10,12,14,16,18,20,22H,3,5,11H2,1-2H3. The number of hydrogen-bond acceptors (Lipinski definition) is 5. The highest BCUT2D eigenvalue weighted by atomic mass is 32.2. The van der Waals surface area contributed by atoms with E-state index in [1.807, 2.05) is 24.4 Å². The van der Waals surface area contributed by atoms with Crippen molar-refractivity contribution in [2.24, 2.45) is 0 Å². The zero-order chi connectivity index (χ0) is 19.6. The van der Waals surface area contributed by atoms with Crippen molar-refractivity contribution in [3.8, 4) is 0 Å². The fraction of sp³-hybridized carbons (Fsp3) is 0.421. The van der Waals surface area contributed by atoms with Crippen LogP contribution in [0.3, 0.4) is 0 Å². The number of nitrogens with zero attached hydrogens (tertiary/aromatic N) is 1. The summed E-state index contributed by atoms with van der Waals surface area (Å²) in [5, 5.41) is 12.1. The maximum absolute atomic E-state index is 13.1. The predicted molar refractivity (Wildman–Crippen MR) is 105 cm³/mol. The fourth-order valence-electron chi connectivity index (χ4n) is 3.29. The van der Waals surface area contributed by atoms with Crippen molar-refractivity contribution in [3.63, 3.8) is 0 Å². The van der Waals surface area contributed by atoms with Crippen LogP contribution in [0.1, 0.15) is 36.2 Å². The predicted octanol–water partition coefficient (Wildman–Crippen LogP) is 2.45. The average molecular weight is 409 g/mol. The molecule has 2 N–H and O–H groups in total. The van der Waals surface area contributed by atoms with Crippen molar-refractivity contribution in [1.29, 1.82) is 0 Å². The lowest BCUT2D eigenvalue weighted by molar-refractivity contribution is -0.136. The average Bonchev–Trinajstić information content (AvgIpc) is 3.30. The molecule has 3 atom stereocenters. The van der Waals surface area contributed by atoms with E-state index in [1.165, 1.54) is 19.1 Å². The number of hydrogen-bond donors (Lipinski definition) is 2. The number of carbonyl (C=O) groups is 1. The minimum absolute atomic E-state index is 0.0670. The molecule has 1 fully saturated rings. The van der Waals surface area contributed by atoms with Gasteiger partial charge in [-0.15, -0.1) is 11.3 Å². The molecule has 2 heterocycles. The van der Waals surface area contributed by atoms with Gasteiger partial charge in [-0.25, -0.2) is 8.42 Å². The summed E-state index contributed by atoms with van der Waals surface area (Å²) in [5.41, 5.74) is 0.938. The normalized spacial score (nSPS) is 19.8. The monoisotopic (exact) mass is 408 g/mol. The van der Waals surface area contributed by atoms with E-state index in [0.29, 0.717) is 6.54 Å². The first-order chi connectivity index (χ1) is 12.8. The van der Waals surface area contributed by atoms with E-state index in [9.17, 15) is 18.3 Å². The van der Waals surface area contributed by atoms with Crippen molar-refractivity contribution >= 4 is 27.3 Å². The fourth-order valence-corrected chi connectivity index (χ4v) is 5.43. The minimum Gasteiger partial charge on any atom is -0.391 e. The van der Waals surface area contributed by atoms with Crippen molar-refractivity contribution in [2.75, 3.05) is 6.54 Å². The van der Waals surface area contributed by atoms with Gasteiger partial charge in [0.2, 0.25) is 15.9 Å². The number of aryl methyl sites for hydroxylation is 1. The second-order valence-electron chi connectivity index (χ2n) is 6.86. The van der Waals surface area contributed by atoms with Crippen LogP contribution in [0.4, 0.5) is 0 Å². The summed E-state index contributed by atoms with van der Waals surface area (Å²) in [6.45, 7) is 3.84. The molecule has 3 unspecified atom stereocenters. The summed E-state index contributed by atoms with van der Waals surface area (Å²) in [4.78, 5) is 15.9. The Bertz CT molecular complexity index is 877. The molecular formula is C19H24N2O4S2. The van der Waals surface area contributed by atoms with Crippen LogP contribution in [0, 0.1) is 6.92 Å². The number of carbonyl (C=O) groups excluding carboxylic acids is 1. The van der Waals surface area contributed by atoms with Crippen LogP contribution in [0.2, 0.25) is 0 Å². The summed E-state index contributed by atoms with van der Waals surface area (Å²) in [5.74, 6) is -0.392. The Morgan fingerprint density at radius 3 is 2.59 bits per heavy atom. The number of rotatable bonds is 6. The molecule has 27 heavy (non-hydrogen) atoms.